The molecule has 1 fully saturated rings. The third-order valence-electron chi connectivity index (χ3n) is 2.93. The molecule has 0 amide bonds. The minimum Gasteiger partial charge on any atom is -0.481 e. The van der Waals surface area contributed by atoms with Gasteiger partial charge in [0.05, 0.1) is 5.92 Å². The van der Waals surface area contributed by atoms with Crippen molar-refractivity contribution in [1.29, 1.82) is 0 Å². The van der Waals surface area contributed by atoms with Crippen molar-refractivity contribution in [2.24, 2.45) is 11.8 Å². The molecular weight excluding hydrogens is 280 g/mol. The van der Waals surface area contributed by atoms with E-state index in [0.29, 0.717) is 18.2 Å². The van der Waals surface area contributed by atoms with Crippen molar-refractivity contribution in [2.75, 3.05) is 0 Å². The van der Waals surface area contributed by atoms with Crippen LogP contribution in [0.5, 0.6) is 0 Å². The lowest BCUT2D eigenvalue weighted by Crippen LogP contribution is -2.17. The van der Waals surface area contributed by atoms with Gasteiger partial charge in [-0.25, -0.2) is 0 Å². The van der Waals surface area contributed by atoms with Gasteiger partial charge >= 0.3 is 5.97 Å². The van der Waals surface area contributed by atoms with Crippen LogP contribution in [-0.4, -0.2) is 31.7 Å². The van der Waals surface area contributed by atoms with Gasteiger partial charge in [-0.1, -0.05) is 56.2 Å². The molecular formula is C16H28N4O2. The molecule has 1 heterocycles. The fourth-order valence-electron chi connectivity index (χ4n) is 1.75. The molecule has 2 N–H and O–H groups in total. The maximum Gasteiger partial charge on any atom is 0.306 e. The van der Waals surface area contributed by atoms with Gasteiger partial charge in [0.15, 0.2) is 5.82 Å². The van der Waals surface area contributed by atoms with Crippen LogP contribution in [0.2, 0.25) is 0 Å². The number of carbonyl (C=O) groups is 1. The Hall–Kier alpha value is -1.98. The highest BCUT2D eigenvalue weighted by atomic mass is 16.4. The minimum atomic E-state index is -0.762. The molecule has 0 spiro atoms. The highest BCUT2D eigenvalue weighted by Crippen LogP contribution is 2.36. The molecule has 1 aromatic rings. The van der Waals surface area contributed by atoms with E-state index >= 15 is 0 Å². The van der Waals surface area contributed by atoms with Gasteiger partial charge in [0, 0.05) is 6.42 Å². The standard InChI is InChI=1S/C8H12N4O2.C6H10.C2H6/c13-8(14)6(3-5-1-2-5)4-7-9-11-12-10-7;1-4-5-6(2)3;1-2/h5-6H,1-4H2,(H,13,14)(H,9,10,11,12);4-5H,1H2,2-3H3;1-2H3/t6-;;/m0../s1. The Labute approximate surface area is 132 Å². The van der Waals surface area contributed by atoms with Crippen LogP contribution in [0, 0.1) is 11.8 Å². The Kier molecular flexibility index (Phi) is 10.6. The third kappa shape index (κ3) is 9.85. The molecule has 0 aliphatic heterocycles. The van der Waals surface area contributed by atoms with Crippen molar-refractivity contribution < 1.29 is 9.90 Å². The second-order valence-corrected chi connectivity index (χ2v) is 5.23. The van der Waals surface area contributed by atoms with Crippen LogP contribution in [0.4, 0.5) is 0 Å². The van der Waals surface area contributed by atoms with E-state index in [9.17, 15) is 4.79 Å². The average molecular weight is 308 g/mol. The van der Waals surface area contributed by atoms with E-state index in [0.717, 1.165) is 19.3 Å². The van der Waals surface area contributed by atoms with Gasteiger partial charge in [0.2, 0.25) is 0 Å². The van der Waals surface area contributed by atoms with Crippen LogP contribution in [0.3, 0.4) is 0 Å². The van der Waals surface area contributed by atoms with E-state index < -0.39 is 5.97 Å². The number of nitrogens with one attached hydrogen (secondary N) is 1. The van der Waals surface area contributed by atoms with E-state index in [2.05, 4.69) is 27.2 Å². The summed E-state index contributed by atoms with van der Waals surface area (Å²) < 4.78 is 0. The number of aromatic nitrogens is 4. The first-order chi connectivity index (χ1) is 10.5. The molecule has 1 atom stereocenters. The summed E-state index contributed by atoms with van der Waals surface area (Å²) in [5, 5.41) is 22.2. The zero-order valence-corrected chi connectivity index (χ0v) is 14.0. The Morgan fingerprint density at radius 3 is 2.41 bits per heavy atom. The lowest BCUT2D eigenvalue weighted by molar-refractivity contribution is -0.142. The minimum absolute atomic E-state index is 0.361. The second-order valence-electron chi connectivity index (χ2n) is 5.23. The zero-order valence-electron chi connectivity index (χ0n) is 14.0. The summed E-state index contributed by atoms with van der Waals surface area (Å²) in [6, 6.07) is 0. The normalized spacial score (nSPS) is 13.6. The smallest absolute Gasteiger partial charge is 0.306 e. The van der Waals surface area contributed by atoms with Gasteiger partial charge in [-0.05, 0) is 26.2 Å². The SMILES string of the molecule is C=CC=C(C)C.CC.O=C(O)[C@H](Cc1nn[nH]n1)CC1CC1. The Morgan fingerprint density at radius 1 is 1.45 bits per heavy atom. The molecule has 1 aliphatic rings. The first-order valence-electron chi connectivity index (χ1n) is 7.74. The van der Waals surface area contributed by atoms with Crippen molar-refractivity contribution in [3.63, 3.8) is 0 Å². The summed E-state index contributed by atoms with van der Waals surface area (Å²) in [4.78, 5) is 10.9. The molecule has 1 saturated carbocycles. The summed E-state index contributed by atoms with van der Waals surface area (Å²) in [7, 11) is 0. The number of carboxylic acids is 1. The van der Waals surface area contributed by atoms with E-state index in [4.69, 9.17) is 5.11 Å². The van der Waals surface area contributed by atoms with Gasteiger partial charge in [0.1, 0.15) is 0 Å². The van der Waals surface area contributed by atoms with Crippen LogP contribution < -0.4 is 0 Å². The molecule has 1 aromatic heterocycles. The van der Waals surface area contributed by atoms with Gasteiger partial charge in [0.25, 0.3) is 0 Å². The number of allylic oxidation sites excluding steroid dienone is 3. The maximum absolute atomic E-state index is 10.9. The number of hydrogen-bond donors (Lipinski definition) is 2. The predicted molar refractivity (Wildman–Crippen MR) is 87.3 cm³/mol. The van der Waals surface area contributed by atoms with Crippen LogP contribution in [0.15, 0.2) is 24.3 Å². The van der Waals surface area contributed by atoms with Crippen LogP contribution >= 0.6 is 0 Å². The fraction of sp³-hybridized carbons (Fsp3) is 0.625. The van der Waals surface area contributed by atoms with E-state index in [1.54, 1.807) is 6.08 Å². The molecule has 0 aromatic carbocycles. The first-order valence-corrected chi connectivity index (χ1v) is 7.74. The number of aromatic amines is 1. The number of aliphatic carboxylic acids is 1. The molecule has 22 heavy (non-hydrogen) atoms. The topological polar surface area (TPSA) is 91.8 Å². The average Bonchev–Trinajstić information content (AvgIpc) is 3.14. The fourth-order valence-corrected chi connectivity index (χ4v) is 1.75. The Bertz CT molecular complexity index is 447. The second kappa shape index (κ2) is 11.7. The number of carboxylic acid groups (broad SMARTS) is 1. The van der Waals surface area contributed by atoms with Crippen molar-refractivity contribution in [1.82, 2.24) is 20.6 Å². The molecule has 0 unspecified atom stereocenters. The van der Waals surface area contributed by atoms with Crippen LogP contribution in [0.25, 0.3) is 0 Å². The van der Waals surface area contributed by atoms with Gasteiger partial charge in [-0.2, -0.15) is 5.21 Å². The highest BCUT2D eigenvalue weighted by Gasteiger charge is 2.30. The largest absolute Gasteiger partial charge is 0.481 e. The van der Waals surface area contributed by atoms with Crippen molar-refractivity contribution in [2.45, 2.75) is 53.4 Å². The zero-order chi connectivity index (χ0) is 17.0. The Morgan fingerprint density at radius 2 is 2.09 bits per heavy atom. The molecule has 0 bridgehead atoms. The number of hydrogen-bond acceptors (Lipinski definition) is 4. The Balaban J connectivity index is 0.000000470. The monoisotopic (exact) mass is 308 g/mol. The molecule has 124 valence electrons. The van der Waals surface area contributed by atoms with Gasteiger partial charge in [-0.15, -0.1) is 10.2 Å². The number of nitrogens with zero attached hydrogens (tertiary/aromatic N) is 3. The highest BCUT2D eigenvalue weighted by molar-refractivity contribution is 5.70. The molecule has 2 rings (SSSR count). The number of tetrazole rings is 1. The first kappa shape index (κ1) is 20.0. The molecule has 1 aliphatic carbocycles. The van der Waals surface area contributed by atoms with Crippen molar-refractivity contribution in [3.05, 3.63) is 30.1 Å². The molecule has 0 saturated heterocycles. The van der Waals surface area contributed by atoms with Crippen molar-refractivity contribution in [3.8, 4) is 0 Å². The third-order valence-corrected chi connectivity index (χ3v) is 2.93. The summed E-state index contributed by atoms with van der Waals surface area (Å²) in [5.41, 5.74) is 1.30. The lowest BCUT2D eigenvalue weighted by Gasteiger charge is -2.08. The number of H-pyrrole nitrogens is 1. The van der Waals surface area contributed by atoms with Crippen molar-refractivity contribution >= 4 is 5.97 Å². The maximum atomic E-state index is 10.9. The lowest BCUT2D eigenvalue weighted by atomic mass is 9.98. The summed E-state index contributed by atoms with van der Waals surface area (Å²) in [6.07, 6.45) is 7.20. The van der Waals surface area contributed by atoms with E-state index in [-0.39, 0.29) is 5.92 Å². The van der Waals surface area contributed by atoms with Gasteiger partial charge in [-0.3, -0.25) is 4.79 Å². The van der Waals surface area contributed by atoms with E-state index in [1.165, 1.54) is 5.57 Å². The molecule has 6 nitrogen and oxygen atoms in total. The van der Waals surface area contributed by atoms with Crippen LogP contribution in [-0.2, 0) is 11.2 Å². The molecule has 6 heteroatoms. The van der Waals surface area contributed by atoms with Crippen LogP contribution in [0.1, 0.15) is 52.8 Å². The molecule has 0 radical (unpaired) electrons. The number of rotatable bonds is 6. The summed E-state index contributed by atoms with van der Waals surface area (Å²) >= 11 is 0. The predicted octanol–water partition coefficient (Wildman–Crippen LogP) is 3.41. The van der Waals surface area contributed by atoms with E-state index in [1.807, 2.05) is 33.8 Å². The summed E-state index contributed by atoms with van der Waals surface area (Å²) in [5.74, 6) is -0.0390. The quantitative estimate of drug-likeness (QED) is 0.786. The summed E-state index contributed by atoms with van der Waals surface area (Å²) in [6.45, 7) is 11.6. The van der Waals surface area contributed by atoms with Gasteiger partial charge < -0.3 is 5.11 Å².